The summed E-state index contributed by atoms with van der Waals surface area (Å²) in [6.07, 6.45) is 1.11. The summed E-state index contributed by atoms with van der Waals surface area (Å²) in [5.74, 6) is 1.07. The van der Waals surface area contributed by atoms with E-state index >= 15 is 0 Å². The van der Waals surface area contributed by atoms with Gasteiger partial charge in [0.2, 0.25) is 6.10 Å². The number of fused-ring (bicyclic) bond motifs is 1. The van der Waals surface area contributed by atoms with Gasteiger partial charge in [-0.25, -0.2) is 0 Å². The Kier molecular flexibility index (Phi) is 4.35. The molecule has 6 heteroatoms. The van der Waals surface area contributed by atoms with Crippen molar-refractivity contribution in [3.63, 3.8) is 0 Å². The summed E-state index contributed by atoms with van der Waals surface area (Å²) in [5, 5.41) is 4.92. The normalized spacial score (nSPS) is 15.6. The fourth-order valence-electron chi connectivity index (χ4n) is 2.60. The Morgan fingerprint density at radius 2 is 2.08 bits per heavy atom. The summed E-state index contributed by atoms with van der Waals surface area (Å²) in [7, 11) is 0. The SMILES string of the molecule is O=C(NCc1ccnc(-c2cccs2)c1)C1COc2ccccc2O1. The van der Waals surface area contributed by atoms with E-state index in [-0.39, 0.29) is 12.5 Å². The number of carbonyl (C=O) groups is 1. The third-order valence-electron chi connectivity index (χ3n) is 3.87. The van der Waals surface area contributed by atoms with Crippen LogP contribution in [0.4, 0.5) is 0 Å². The number of nitrogens with zero attached hydrogens (tertiary/aromatic N) is 1. The van der Waals surface area contributed by atoms with Gasteiger partial charge in [0.05, 0.1) is 10.6 Å². The van der Waals surface area contributed by atoms with Gasteiger partial charge < -0.3 is 14.8 Å². The lowest BCUT2D eigenvalue weighted by atomic mass is 10.2. The van der Waals surface area contributed by atoms with Crippen molar-refractivity contribution in [1.82, 2.24) is 10.3 Å². The summed E-state index contributed by atoms with van der Waals surface area (Å²) < 4.78 is 11.3. The quantitative estimate of drug-likeness (QED) is 0.783. The van der Waals surface area contributed by atoms with Gasteiger partial charge in [0.15, 0.2) is 11.5 Å². The van der Waals surface area contributed by atoms with Crippen molar-refractivity contribution >= 4 is 17.2 Å². The molecule has 1 aromatic carbocycles. The molecule has 2 aromatic heterocycles. The predicted molar refractivity (Wildman–Crippen MR) is 95.7 cm³/mol. The molecular weight excluding hydrogens is 336 g/mol. The number of aromatic nitrogens is 1. The first kappa shape index (κ1) is 15.7. The lowest BCUT2D eigenvalue weighted by Crippen LogP contribution is -2.43. The van der Waals surface area contributed by atoms with Gasteiger partial charge in [0.1, 0.15) is 6.61 Å². The second kappa shape index (κ2) is 6.94. The van der Waals surface area contributed by atoms with Crippen molar-refractivity contribution < 1.29 is 14.3 Å². The molecule has 3 aromatic rings. The molecule has 1 aliphatic heterocycles. The monoisotopic (exact) mass is 352 g/mol. The van der Waals surface area contributed by atoms with Crippen LogP contribution in [0.5, 0.6) is 11.5 Å². The second-order valence-corrected chi connectivity index (χ2v) is 6.56. The Morgan fingerprint density at radius 3 is 2.92 bits per heavy atom. The van der Waals surface area contributed by atoms with Crippen LogP contribution < -0.4 is 14.8 Å². The summed E-state index contributed by atoms with van der Waals surface area (Å²) in [6.45, 7) is 0.626. The highest BCUT2D eigenvalue weighted by Gasteiger charge is 2.26. The Morgan fingerprint density at radius 1 is 1.20 bits per heavy atom. The van der Waals surface area contributed by atoms with Gasteiger partial charge in [-0.15, -0.1) is 11.3 Å². The van der Waals surface area contributed by atoms with Crippen LogP contribution in [0.25, 0.3) is 10.6 Å². The van der Waals surface area contributed by atoms with E-state index in [1.54, 1.807) is 23.6 Å². The van der Waals surface area contributed by atoms with Crippen molar-refractivity contribution in [2.24, 2.45) is 0 Å². The average molecular weight is 352 g/mol. The number of pyridine rings is 1. The molecule has 0 spiro atoms. The van der Waals surface area contributed by atoms with Gasteiger partial charge in [0.25, 0.3) is 5.91 Å². The van der Waals surface area contributed by atoms with Gasteiger partial charge in [0, 0.05) is 12.7 Å². The van der Waals surface area contributed by atoms with Crippen LogP contribution in [0.15, 0.2) is 60.1 Å². The van der Waals surface area contributed by atoms with Crippen LogP contribution in [0, 0.1) is 0 Å². The predicted octanol–water partition coefficient (Wildman–Crippen LogP) is 3.27. The van der Waals surface area contributed by atoms with Crippen molar-refractivity contribution in [3.8, 4) is 22.1 Å². The van der Waals surface area contributed by atoms with Crippen molar-refractivity contribution in [2.45, 2.75) is 12.6 Å². The Labute approximate surface area is 149 Å². The fraction of sp³-hybridized carbons (Fsp3) is 0.158. The van der Waals surface area contributed by atoms with Crippen molar-refractivity contribution in [1.29, 1.82) is 0 Å². The molecule has 0 saturated heterocycles. The van der Waals surface area contributed by atoms with Crippen LogP contribution in [-0.4, -0.2) is 23.6 Å². The van der Waals surface area contributed by atoms with Crippen LogP contribution in [-0.2, 0) is 11.3 Å². The van der Waals surface area contributed by atoms with Crippen LogP contribution >= 0.6 is 11.3 Å². The summed E-state index contributed by atoms with van der Waals surface area (Å²) in [5.41, 5.74) is 1.90. The number of benzene rings is 1. The third-order valence-corrected chi connectivity index (χ3v) is 4.76. The molecule has 5 nitrogen and oxygen atoms in total. The molecule has 1 amide bonds. The van der Waals surface area contributed by atoms with Crippen molar-refractivity contribution in [2.75, 3.05) is 6.61 Å². The number of hydrogen-bond donors (Lipinski definition) is 1. The summed E-state index contributed by atoms with van der Waals surface area (Å²) in [6, 6.07) is 15.2. The van der Waals surface area contributed by atoms with Gasteiger partial charge in [-0.3, -0.25) is 9.78 Å². The first-order valence-corrected chi connectivity index (χ1v) is 8.82. The number of amides is 1. The molecule has 4 rings (SSSR count). The van der Waals surface area contributed by atoms with E-state index in [1.807, 2.05) is 47.8 Å². The minimum absolute atomic E-state index is 0.191. The highest BCUT2D eigenvalue weighted by atomic mass is 32.1. The molecule has 1 unspecified atom stereocenters. The molecule has 1 aliphatic rings. The molecule has 0 fully saturated rings. The molecular formula is C19H16N2O3S. The van der Waals surface area contributed by atoms with E-state index in [2.05, 4.69) is 10.3 Å². The Bertz CT molecular complexity index is 880. The highest BCUT2D eigenvalue weighted by molar-refractivity contribution is 7.13. The summed E-state index contributed by atoms with van der Waals surface area (Å²) in [4.78, 5) is 17.8. The molecule has 0 aliphatic carbocycles. The Hall–Kier alpha value is -2.86. The highest BCUT2D eigenvalue weighted by Crippen LogP contribution is 2.30. The van der Waals surface area contributed by atoms with Crippen molar-refractivity contribution in [3.05, 3.63) is 65.7 Å². The van der Waals surface area contributed by atoms with E-state index < -0.39 is 6.10 Å². The van der Waals surface area contributed by atoms with Gasteiger partial charge in [-0.1, -0.05) is 18.2 Å². The largest absolute Gasteiger partial charge is 0.485 e. The maximum Gasteiger partial charge on any atom is 0.264 e. The third kappa shape index (κ3) is 3.49. The molecule has 1 N–H and O–H groups in total. The number of ether oxygens (including phenoxy) is 2. The molecule has 1 atom stereocenters. The zero-order valence-electron chi connectivity index (χ0n) is 13.3. The molecule has 126 valence electrons. The number of thiophene rings is 1. The number of rotatable bonds is 4. The standard InChI is InChI=1S/C19H16N2O3S/c22-19(17-12-23-15-4-1-2-5-16(15)24-17)21-11-13-7-8-20-14(10-13)18-6-3-9-25-18/h1-10,17H,11-12H2,(H,21,22). The first-order valence-electron chi connectivity index (χ1n) is 7.94. The zero-order chi connectivity index (χ0) is 17.1. The number of para-hydroxylation sites is 2. The second-order valence-electron chi connectivity index (χ2n) is 5.61. The molecule has 0 bridgehead atoms. The molecule has 25 heavy (non-hydrogen) atoms. The lowest BCUT2D eigenvalue weighted by Gasteiger charge is -2.25. The topological polar surface area (TPSA) is 60.5 Å². The van der Waals surface area contributed by atoms with E-state index in [4.69, 9.17) is 9.47 Å². The lowest BCUT2D eigenvalue weighted by molar-refractivity contribution is -0.130. The first-order chi connectivity index (χ1) is 12.3. The number of carbonyl (C=O) groups excluding carboxylic acids is 1. The smallest absolute Gasteiger partial charge is 0.264 e. The van der Waals surface area contributed by atoms with E-state index in [9.17, 15) is 4.79 Å². The number of nitrogens with one attached hydrogen (secondary N) is 1. The maximum atomic E-state index is 12.4. The average Bonchev–Trinajstić information content (AvgIpc) is 3.21. The minimum atomic E-state index is -0.645. The Balaban J connectivity index is 1.39. The maximum absolute atomic E-state index is 12.4. The fourth-order valence-corrected chi connectivity index (χ4v) is 3.29. The number of hydrogen-bond acceptors (Lipinski definition) is 5. The van der Waals surface area contributed by atoms with E-state index in [1.165, 1.54) is 0 Å². The van der Waals surface area contributed by atoms with Gasteiger partial charge in [-0.05, 0) is 41.3 Å². The van der Waals surface area contributed by atoms with Gasteiger partial charge in [-0.2, -0.15) is 0 Å². The van der Waals surface area contributed by atoms with E-state index in [0.717, 1.165) is 16.1 Å². The molecule has 3 heterocycles. The van der Waals surface area contributed by atoms with Gasteiger partial charge >= 0.3 is 0 Å². The molecule has 0 saturated carbocycles. The van der Waals surface area contributed by atoms with Crippen LogP contribution in [0.2, 0.25) is 0 Å². The van der Waals surface area contributed by atoms with E-state index in [0.29, 0.717) is 18.0 Å². The minimum Gasteiger partial charge on any atom is -0.485 e. The summed E-state index contributed by atoms with van der Waals surface area (Å²) >= 11 is 1.64. The van der Waals surface area contributed by atoms with Crippen LogP contribution in [0.3, 0.4) is 0 Å². The zero-order valence-corrected chi connectivity index (χ0v) is 14.2. The molecule has 0 radical (unpaired) electrons. The van der Waals surface area contributed by atoms with Crippen LogP contribution in [0.1, 0.15) is 5.56 Å².